The Kier molecular flexibility index (Phi) is 5.67. The highest BCUT2D eigenvalue weighted by Gasteiger charge is 2.24. The van der Waals surface area contributed by atoms with Crippen molar-refractivity contribution in [3.05, 3.63) is 53.7 Å². The molecule has 2 aromatic rings. The van der Waals surface area contributed by atoms with E-state index in [0.717, 1.165) is 0 Å². The van der Waals surface area contributed by atoms with Crippen LogP contribution in [0.5, 0.6) is 0 Å². The van der Waals surface area contributed by atoms with Gasteiger partial charge in [-0.15, -0.1) is 0 Å². The van der Waals surface area contributed by atoms with Crippen LogP contribution in [0.15, 0.2) is 42.6 Å². The van der Waals surface area contributed by atoms with Crippen molar-refractivity contribution in [2.75, 3.05) is 36.4 Å². The molecule has 2 heterocycles. The van der Waals surface area contributed by atoms with Gasteiger partial charge >= 0.3 is 0 Å². The van der Waals surface area contributed by atoms with Crippen molar-refractivity contribution < 1.29 is 9.59 Å². The monoisotopic (exact) mass is 363 g/mol. The summed E-state index contributed by atoms with van der Waals surface area (Å²) >= 11 is 0. The molecule has 0 radical (unpaired) electrons. The fraction of sp³-hybridized carbons (Fsp3) is 0.300. The van der Waals surface area contributed by atoms with Gasteiger partial charge in [-0.05, 0) is 30.3 Å². The quantitative estimate of drug-likeness (QED) is 0.900. The third-order valence-corrected chi connectivity index (χ3v) is 4.49. The average Bonchev–Trinajstić information content (AvgIpc) is 2.73. The zero-order valence-corrected chi connectivity index (χ0v) is 15.2. The van der Waals surface area contributed by atoms with Gasteiger partial charge in [0.2, 0.25) is 5.91 Å². The molecule has 27 heavy (non-hydrogen) atoms. The number of aromatic nitrogens is 1. The molecule has 7 nitrogen and oxygen atoms in total. The van der Waals surface area contributed by atoms with Crippen molar-refractivity contribution in [3.8, 4) is 6.07 Å². The summed E-state index contributed by atoms with van der Waals surface area (Å²) in [6, 6.07) is 12.6. The van der Waals surface area contributed by atoms with E-state index in [1.807, 2.05) is 4.90 Å². The minimum atomic E-state index is -0.0862. The van der Waals surface area contributed by atoms with E-state index in [-0.39, 0.29) is 11.8 Å². The first kappa shape index (κ1) is 18.4. The highest BCUT2D eigenvalue weighted by Crippen LogP contribution is 2.19. The van der Waals surface area contributed by atoms with Gasteiger partial charge < -0.3 is 15.1 Å². The summed E-state index contributed by atoms with van der Waals surface area (Å²) in [6.07, 6.45) is 2.06. The summed E-state index contributed by atoms with van der Waals surface area (Å²) < 4.78 is 0. The van der Waals surface area contributed by atoms with Crippen LogP contribution >= 0.6 is 0 Å². The van der Waals surface area contributed by atoms with Gasteiger partial charge in [0.15, 0.2) is 0 Å². The summed E-state index contributed by atoms with van der Waals surface area (Å²) in [7, 11) is 0. The predicted octanol–water partition coefficient (Wildman–Crippen LogP) is 2.26. The molecule has 1 aromatic heterocycles. The number of piperazine rings is 1. The molecule has 1 aliphatic heterocycles. The molecule has 0 unspecified atom stereocenters. The lowest BCUT2D eigenvalue weighted by atomic mass is 10.1. The van der Waals surface area contributed by atoms with E-state index in [2.05, 4.69) is 16.4 Å². The van der Waals surface area contributed by atoms with Gasteiger partial charge in [-0.1, -0.05) is 13.0 Å². The first-order valence-corrected chi connectivity index (χ1v) is 8.91. The van der Waals surface area contributed by atoms with Crippen molar-refractivity contribution >= 4 is 23.3 Å². The number of nitrogens with zero attached hydrogens (tertiary/aromatic N) is 4. The molecule has 0 saturated carbocycles. The maximum absolute atomic E-state index is 12.8. The van der Waals surface area contributed by atoms with Crippen LogP contribution < -0.4 is 10.2 Å². The molecule has 0 atom stereocenters. The zero-order chi connectivity index (χ0) is 19.2. The smallest absolute Gasteiger partial charge is 0.254 e. The topological polar surface area (TPSA) is 89.3 Å². The SMILES string of the molecule is CCC(=O)Nc1cccc(C(=O)N2CCN(c3ncccc3C#N)CC2)c1. The van der Waals surface area contributed by atoms with E-state index in [1.54, 1.807) is 54.4 Å². The van der Waals surface area contributed by atoms with Crippen LogP contribution in [0.2, 0.25) is 0 Å². The number of rotatable bonds is 4. The Hall–Kier alpha value is -3.40. The lowest BCUT2D eigenvalue weighted by Gasteiger charge is -2.35. The molecule has 1 saturated heterocycles. The normalized spacial score (nSPS) is 13.8. The molecule has 2 amide bonds. The lowest BCUT2D eigenvalue weighted by molar-refractivity contribution is -0.115. The van der Waals surface area contributed by atoms with Gasteiger partial charge in [-0.3, -0.25) is 9.59 Å². The van der Waals surface area contributed by atoms with Crippen LogP contribution in [0.1, 0.15) is 29.3 Å². The van der Waals surface area contributed by atoms with Crippen LogP contribution in [0, 0.1) is 11.3 Å². The van der Waals surface area contributed by atoms with Crippen LogP contribution in [0.3, 0.4) is 0 Å². The van der Waals surface area contributed by atoms with Crippen molar-refractivity contribution in [2.45, 2.75) is 13.3 Å². The van der Waals surface area contributed by atoms with Gasteiger partial charge in [-0.25, -0.2) is 4.98 Å². The number of pyridine rings is 1. The summed E-state index contributed by atoms with van der Waals surface area (Å²) in [6.45, 7) is 4.11. The lowest BCUT2D eigenvalue weighted by Crippen LogP contribution is -2.49. The molecule has 138 valence electrons. The standard InChI is InChI=1S/C20H21N5O2/c1-2-18(26)23-17-7-3-5-15(13-17)20(27)25-11-9-24(10-12-25)19-16(14-21)6-4-8-22-19/h3-8,13H,2,9-12H2,1H3,(H,23,26). The van der Waals surface area contributed by atoms with E-state index in [1.165, 1.54) is 0 Å². The van der Waals surface area contributed by atoms with Gasteiger partial charge in [0, 0.05) is 50.0 Å². The van der Waals surface area contributed by atoms with E-state index in [0.29, 0.717) is 55.2 Å². The largest absolute Gasteiger partial charge is 0.352 e. The fourth-order valence-electron chi connectivity index (χ4n) is 3.02. The fourth-order valence-corrected chi connectivity index (χ4v) is 3.02. The molecular weight excluding hydrogens is 342 g/mol. The Labute approximate surface area is 158 Å². The average molecular weight is 363 g/mol. The predicted molar refractivity (Wildman–Crippen MR) is 102 cm³/mol. The minimum Gasteiger partial charge on any atom is -0.352 e. The number of nitriles is 1. The van der Waals surface area contributed by atoms with Crippen molar-refractivity contribution in [1.82, 2.24) is 9.88 Å². The highest BCUT2D eigenvalue weighted by molar-refractivity contribution is 5.97. The number of amides is 2. The molecule has 1 N–H and O–H groups in total. The highest BCUT2D eigenvalue weighted by atomic mass is 16.2. The van der Waals surface area contributed by atoms with Crippen molar-refractivity contribution in [2.24, 2.45) is 0 Å². The summed E-state index contributed by atoms with van der Waals surface area (Å²) in [4.78, 5) is 32.5. The number of nitrogens with one attached hydrogen (secondary N) is 1. The molecule has 0 aliphatic carbocycles. The minimum absolute atomic E-state index is 0.0659. The van der Waals surface area contributed by atoms with Crippen LogP contribution in [0.4, 0.5) is 11.5 Å². The number of carbonyl (C=O) groups is 2. The van der Waals surface area contributed by atoms with E-state index in [9.17, 15) is 14.9 Å². The summed E-state index contributed by atoms with van der Waals surface area (Å²) in [5.74, 6) is 0.511. The van der Waals surface area contributed by atoms with Crippen molar-refractivity contribution in [3.63, 3.8) is 0 Å². The molecule has 0 bridgehead atoms. The number of benzene rings is 1. The Morgan fingerprint density at radius 1 is 1.19 bits per heavy atom. The van der Waals surface area contributed by atoms with Gasteiger partial charge in [0.1, 0.15) is 11.9 Å². The van der Waals surface area contributed by atoms with Gasteiger partial charge in [0.05, 0.1) is 5.56 Å². The number of anilines is 2. The maximum Gasteiger partial charge on any atom is 0.254 e. The first-order chi connectivity index (χ1) is 13.1. The third kappa shape index (κ3) is 4.23. The zero-order valence-electron chi connectivity index (χ0n) is 15.2. The molecule has 7 heteroatoms. The van der Waals surface area contributed by atoms with Crippen LogP contribution in [-0.4, -0.2) is 47.9 Å². The number of hydrogen-bond donors (Lipinski definition) is 1. The van der Waals surface area contributed by atoms with E-state index in [4.69, 9.17) is 0 Å². The second-order valence-electron chi connectivity index (χ2n) is 6.25. The molecule has 3 rings (SSSR count). The molecule has 1 fully saturated rings. The van der Waals surface area contributed by atoms with Crippen molar-refractivity contribution in [1.29, 1.82) is 5.26 Å². The van der Waals surface area contributed by atoms with E-state index >= 15 is 0 Å². The Morgan fingerprint density at radius 2 is 1.96 bits per heavy atom. The van der Waals surface area contributed by atoms with Crippen LogP contribution in [0.25, 0.3) is 0 Å². The summed E-state index contributed by atoms with van der Waals surface area (Å²) in [5, 5.41) is 12.0. The third-order valence-electron chi connectivity index (χ3n) is 4.49. The number of carbonyl (C=O) groups excluding carboxylic acids is 2. The molecular formula is C20H21N5O2. The van der Waals surface area contributed by atoms with Crippen LogP contribution in [-0.2, 0) is 4.79 Å². The van der Waals surface area contributed by atoms with E-state index < -0.39 is 0 Å². The molecule has 1 aromatic carbocycles. The Morgan fingerprint density at radius 3 is 2.67 bits per heavy atom. The maximum atomic E-state index is 12.8. The number of hydrogen-bond acceptors (Lipinski definition) is 5. The Bertz CT molecular complexity index is 882. The summed E-state index contributed by atoms with van der Waals surface area (Å²) in [5.41, 5.74) is 1.71. The second kappa shape index (κ2) is 8.32. The van der Waals surface area contributed by atoms with Gasteiger partial charge in [-0.2, -0.15) is 5.26 Å². The first-order valence-electron chi connectivity index (χ1n) is 8.91. The Balaban J connectivity index is 1.66. The molecule has 0 spiro atoms. The molecule has 1 aliphatic rings. The second-order valence-corrected chi connectivity index (χ2v) is 6.25. The van der Waals surface area contributed by atoms with Gasteiger partial charge in [0.25, 0.3) is 5.91 Å².